The van der Waals surface area contributed by atoms with Crippen molar-refractivity contribution < 1.29 is 34.2 Å². The number of ketones is 4. The van der Waals surface area contributed by atoms with Crippen molar-refractivity contribution in [2.24, 2.45) is 39.4 Å². The molecule has 0 aromatic heterocycles. The minimum Gasteiger partial charge on any atom is -0.481 e. The molecule has 4 rings (SSSR count). The molecule has 0 unspecified atom stereocenters. The van der Waals surface area contributed by atoms with E-state index in [1.807, 2.05) is 34.6 Å². The van der Waals surface area contributed by atoms with Crippen LogP contribution in [0.25, 0.3) is 0 Å². The molecule has 0 aromatic carbocycles. The molecule has 0 radical (unpaired) electrons. The number of carbonyl (C=O) groups is 5. The van der Waals surface area contributed by atoms with E-state index in [9.17, 15) is 29.1 Å². The van der Waals surface area contributed by atoms with Gasteiger partial charge in [0.15, 0.2) is 11.6 Å². The van der Waals surface area contributed by atoms with E-state index < -0.39 is 39.7 Å². The van der Waals surface area contributed by atoms with Gasteiger partial charge in [-0.1, -0.05) is 40.2 Å². The van der Waals surface area contributed by atoms with E-state index in [0.29, 0.717) is 36.0 Å². The summed E-state index contributed by atoms with van der Waals surface area (Å²) >= 11 is 0. The van der Waals surface area contributed by atoms with Crippen LogP contribution in [0.5, 0.6) is 0 Å². The van der Waals surface area contributed by atoms with Gasteiger partial charge in [0.25, 0.3) is 0 Å². The van der Waals surface area contributed by atoms with E-state index in [2.05, 4.69) is 0 Å². The number of carbonyl (C=O) groups excluding carboxylic acids is 4. The van der Waals surface area contributed by atoms with Gasteiger partial charge in [0, 0.05) is 42.1 Å². The highest BCUT2D eigenvalue weighted by Gasteiger charge is 2.70. The van der Waals surface area contributed by atoms with Gasteiger partial charge in [-0.25, -0.2) is 0 Å². The highest BCUT2D eigenvalue weighted by Crippen LogP contribution is 2.70. The van der Waals surface area contributed by atoms with E-state index in [1.165, 1.54) is 13.0 Å². The Morgan fingerprint density at radius 1 is 1.08 bits per heavy atom. The summed E-state index contributed by atoms with van der Waals surface area (Å²) in [5.74, 6) is -2.74. The molecular formula is C30H40O7. The van der Waals surface area contributed by atoms with Crippen LogP contribution in [0.3, 0.4) is 0 Å². The Morgan fingerprint density at radius 2 is 1.70 bits per heavy atom. The van der Waals surface area contributed by atoms with Gasteiger partial charge in [-0.15, -0.1) is 0 Å². The summed E-state index contributed by atoms with van der Waals surface area (Å²) in [5, 5.41) is 20.7. The molecule has 2 N–H and O–H groups in total. The van der Waals surface area contributed by atoms with Crippen LogP contribution in [0.4, 0.5) is 0 Å². The number of carboxylic acid groups (broad SMARTS) is 1. The molecule has 202 valence electrons. The third-order valence-corrected chi connectivity index (χ3v) is 10.9. The number of fused-ring (bicyclic) bond motifs is 4. The molecule has 0 spiro atoms. The number of allylic oxidation sites excluding steroid dienone is 3. The quantitative estimate of drug-likeness (QED) is 0.527. The average molecular weight is 513 g/mol. The second-order valence-electron chi connectivity index (χ2n) is 13.3. The maximum atomic E-state index is 14.0. The highest BCUT2D eigenvalue weighted by atomic mass is 16.4. The lowest BCUT2D eigenvalue weighted by molar-refractivity contribution is -0.146. The number of hydrogen-bond donors (Lipinski definition) is 2. The van der Waals surface area contributed by atoms with Crippen LogP contribution in [-0.4, -0.2) is 45.4 Å². The second-order valence-corrected chi connectivity index (χ2v) is 13.3. The van der Waals surface area contributed by atoms with Crippen molar-refractivity contribution in [1.82, 2.24) is 0 Å². The third-order valence-electron chi connectivity index (χ3n) is 10.9. The number of Topliss-reactive ketones (excluding diaryl/α,β-unsaturated/α-hetero) is 3. The molecule has 4 aliphatic rings. The molecule has 0 heterocycles. The summed E-state index contributed by atoms with van der Waals surface area (Å²) in [5.41, 5.74) is -1.43. The maximum Gasteiger partial charge on any atom is 0.306 e. The minimum absolute atomic E-state index is 0.0497. The van der Waals surface area contributed by atoms with Gasteiger partial charge in [-0.2, -0.15) is 0 Å². The third kappa shape index (κ3) is 3.67. The Kier molecular flexibility index (Phi) is 6.38. The Morgan fingerprint density at radius 3 is 2.30 bits per heavy atom. The zero-order valence-electron chi connectivity index (χ0n) is 23.1. The summed E-state index contributed by atoms with van der Waals surface area (Å²) in [6.07, 6.45) is 1.78. The largest absolute Gasteiger partial charge is 0.481 e. The number of aliphatic hydroxyl groups excluding tert-OH is 1. The van der Waals surface area contributed by atoms with E-state index in [0.717, 1.165) is 0 Å². The van der Waals surface area contributed by atoms with Crippen molar-refractivity contribution in [3.05, 3.63) is 22.8 Å². The summed E-state index contributed by atoms with van der Waals surface area (Å²) < 4.78 is 0. The number of aliphatic carboxylic acids is 1. The Labute approximate surface area is 218 Å². The average Bonchev–Trinajstić information content (AvgIpc) is 2.99. The topological polar surface area (TPSA) is 126 Å². The van der Waals surface area contributed by atoms with Gasteiger partial charge in [0.05, 0.1) is 17.4 Å². The van der Waals surface area contributed by atoms with Crippen molar-refractivity contribution >= 4 is 29.1 Å². The highest BCUT2D eigenvalue weighted by molar-refractivity contribution is 6.06. The standard InChI is InChI=1S/C30H40O7/c1-15(10-17(31)11-16(2)26(36)37)18-12-23(35)30(7)25-19(32)13-21-27(3,4)22(34)8-9-28(21,5)24(25)20(33)14-29(18,30)6/h10,16,18-19,21,32H,8-9,11-14H2,1-7H3,(H,36,37)/b15-10-/t16-,18+,19-,21+,28-,29+,30-/m0/s1. The first-order chi connectivity index (χ1) is 16.9. The van der Waals surface area contributed by atoms with Crippen LogP contribution in [0, 0.1) is 39.4 Å². The zero-order valence-corrected chi connectivity index (χ0v) is 23.1. The Balaban J connectivity index is 1.81. The Bertz CT molecular complexity index is 1170. The number of hydrogen-bond acceptors (Lipinski definition) is 6. The SMILES string of the molecule is C/C(=C/C(=O)C[C@H](C)C(=O)O)[C@H]1CC(=O)[C@@]2(C)C3=C(C(=O)C[C@]12C)[C@@]1(C)CCC(=O)C(C)(C)[C@H]1C[C@@H]3O. The van der Waals surface area contributed by atoms with Gasteiger partial charge in [0.1, 0.15) is 11.6 Å². The van der Waals surface area contributed by atoms with E-state index in [4.69, 9.17) is 5.11 Å². The number of carboxylic acids is 1. The molecular weight excluding hydrogens is 472 g/mol. The monoisotopic (exact) mass is 512 g/mol. The summed E-state index contributed by atoms with van der Waals surface area (Å²) in [6.45, 7) is 12.9. The summed E-state index contributed by atoms with van der Waals surface area (Å²) in [4.78, 5) is 64.5. The first-order valence-electron chi connectivity index (χ1n) is 13.4. The van der Waals surface area contributed by atoms with Crippen molar-refractivity contribution in [2.45, 2.75) is 93.1 Å². The van der Waals surface area contributed by atoms with Crippen LogP contribution < -0.4 is 0 Å². The van der Waals surface area contributed by atoms with E-state index >= 15 is 0 Å². The molecule has 2 saturated carbocycles. The smallest absolute Gasteiger partial charge is 0.306 e. The summed E-state index contributed by atoms with van der Waals surface area (Å²) in [7, 11) is 0. The van der Waals surface area contributed by atoms with Crippen LogP contribution in [0.2, 0.25) is 0 Å². The van der Waals surface area contributed by atoms with Crippen molar-refractivity contribution in [3.63, 3.8) is 0 Å². The molecule has 0 aliphatic heterocycles. The van der Waals surface area contributed by atoms with Gasteiger partial charge in [-0.3, -0.25) is 24.0 Å². The summed E-state index contributed by atoms with van der Waals surface area (Å²) in [6, 6.07) is 0. The van der Waals surface area contributed by atoms with Crippen LogP contribution >= 0.6 is 0 Å². The van der Waals surface area contributed by atoms with Crippen LogP contribution in [-0.2, 0) is 24.0 Å². The first-order valence-corrected chi connectivity index (χ1v) is 13.4. The van der Waals surface area contributed by atoms with Crippen LogP contribution in [0.1, 0.15) is 87.0 Å². The van der Waals surface area contributed by atoms with Crippen LogP contribution in [0.15, 0.2) is 22.8 Å². The fraction of sp³-hybridized carbons (Fsp3) is 0.700. The first kappa shape index (κ1) is 27.6. The van der Waals surface area contributed by atoms with Gasteiger partial charge in [-0.05, 0) is 55.6 Å². The molecule has 0 aromatic rings. The van der Waals surface area contributed by atoms with Crippen molar-refractivity contribution in [1.29, 1.82) is 0 Å². The minimum atomic E-state index is -1.08. The molecule has 37 heavy (non-hydrogen) atoms. The molecule has 0 saturated heterocycles. The lowest BCUT2D eigenvalue weighted by Crippen LogP contribution is -2.59. The molecule has 0 amide bonds. The second kappa shape index (κ2) is 8.55. The molecule has 2 fully saturated rings. The number of aliphatic hydroxyl groups is 1. The predicted molar refractivity (Wildman–Crippen MR) is 136 cm³/mol. The maximum absolute atomic E-state index is 14.0. The van der Waals surface area contributed by atoms with E-state index in [1.54, 1.807) is 6.92 Å². The lowest BCUT2D eigenvalue weighted by Gasteiger charge is -2.60. The number of rotatable bonds is 5. The van der Waals surface area contributed by atoms with Gasteiger partial charge >= 0.3 is 5.97 Å². The van der Waals surface area contributed by atoms with Crippen molar-refractivity contribution in [3.8, 4) is 0 Å². The lowest BCUT2D eigenvalue weighted by atomic mass is 9.42. The fourth-order valence-electron chi connectivity index (χ4n) is 8.51. The van der Waals surface area contributed by atoms with Gasteiger partial charge in [0.2, 0.25) is 0 Å². The molecule has 4 aliphatic carbocycles. The molecule has 7 nitrogen and oxygen atoms in total. The normalized spacial score (nSPS) is 40.2. The predicted octanol–water partition coefficient (Wildman–Crippen LogP) is 4.26. The van der Waals surface area contributed by atoms with E-state index in [-0.39, 0.29) is 54.2 Å². The van der Waals surface area contributed by atoms with Gasteiger partial charge < -0.3 is 10.2 Å². The molecule has 7 atom stereocenters. The van der Waals surface area contributed by atoms with Crippen molar-refractivity contribution in [2.75, 3.05) is 0 Å². The Hall–Kier alpha value is -2.41. The molecule has 7 heteroatoms. The molecule has 0 bridgehead atoms. The fourth-order valence-corrected chi connectivity index (χ4v) is 8.51. The zero-order chi connectivity index (χ0) is 27.9.